The highest BCUT2D eigenvalue weighted by atomic mass is 32.1. The Morgan fingerprint density at radius 1 is 1.03 bits per heavy atom. The molecule has 0 unspecified atom stereocenters. The Kier molecular flexibility index (Phi) is 5.30. The smallest absolute Gasteiger partial charge is 0.301 e. The number of aryl methyl sites for hydroxylation is 2. The molecule has 1 aliphatic rings. The molecule has 5 nitrogen and oxygen atoms in total. The number of ketones is 1. The predicted octanol–water partition coefficient (Wildman–Crippen LogP) is 5.79. The van der Waals surface area contributed by atoms with Crippen molar-refractivity contribution in [2.24, 2.45) is 0 Å². The molecule has 1 saturated heterocycles. The van der Waals surface area contributed by atoms with Crippen molar-refractivity contribution in [1.82, 2.24) is 4.98 Å². The second-order valence-electron chi connectivity index (χ2n) is 8.10. The molecule has 3 aromatic carbocycles. The molecule has 1 N–H and O–H groups in total. The molecule has 1 aromatic heterocycles. The SMILES string of the molecule is CCc1ccc2nc(N3C(=O)C(=O)/C(=C(/O)c4ccccc4)[C@@H]3c3ccc(C)cc3)sc2c1. The van der Waals surface area contributed by atoms with Crippen LogP contribution in [0.5, 0.6) is 0 Å². The van der Waals surface area contributed by atoms with E-state index in [1.807, 2.05) is 49.4 Å². The number of amides is 1. The number of carbonyl (C=O) groups excluding carboxylic acids is 2. The second-order valence-corrected chi connectivity index (χ2v) is 9.11. The van der Waals surface area contributed by atoms with Gasteiger partial charge in [-0.15, -0.1) is 0 Å². The van der Waals surface area contributed by atoms with Crippen LogP contribution in [0.1, 0.15) is 35.2 Å². The van der Waals surface area contributed by atoms with Gasteiger partial charge in [0.05, 0.1) is 21.8 Å². The van der Waals surface area contributed by atoms with Crippen LogP contribution in [0.3, 0.4) is 0 Å². The highest BCUT2D eigenvalue weighted by Gasteiger charge is 2.48. The molecule has 1 atom stereocenters. The lowest BCUT2D eigenvalue weighted by molar-refractivity contribution is -0.132. The minimum absolute atomic E-state index is 0.0727. The fourth-order valence-electron chi connectivity index (χ4n) is 4.13. The molecular weight excluding hydrogens is 432 g/mol. The highest BCUT2D eigenvalue weighted by Crippen LogP contribution is 2.44. The highest BCUT2D eigenvalue weighted by molar-refractivity contribution is 7.22. The number of hydrogen-bond donors (Lipinski definition) is 1. The number of fused-ring (bicyclic) bond motifs is 1. The fraction of sp³-hybridized carbons (Fsp3) is 0.148. The maximum atomic E-state index is 13.3. The lowest BCUT2D eigenvalue weighted by atomic mass is 9.95. The first-order chi connectivity index (χ1) is 16.0. The first kappa shape index (κ1) is 21.1. The number of rotatable bonds is 4. The lowest BCUT2D eigenvalue weighted by Gasteiger charge is -2.23. The standard InChI is InChI=1S/C27H22N2O3S/c1-3-17-11-14-20-21(15-17)33-27(28-20)29-23(18-12-9-16(2)10-13-18)22(25(31)26(29)32)24(30)19-7-5-4-6-8-19/h4-15,23,30H,3H2,1-2H3/b24-22+/t23-/m0/s1. The van der Waals surface area contributed by atoms with Gasteiger partial charge in [0.15, 0.2) is 5.13 Å². The van der Waals surface area contributed by atoms with Gasteiger partial charge in [0.25, 0.3) is 5.78 Å². The topological polar surface area (TPSA) is 70.5 Å². The average Bonchev–Trinajstić information content (AvgIpc) is 3.37. The van der Waals surface area contributed by atoms with Gasteiger partial charge in [-0.25, -0.2) is 4.98 Å². The van der Waals surface area contributed by atoms with E-state index in [4.69, 9.17) is 0 Å². The van der Waals surface area contributed by atoms with Crippen molar-refractivity contribution < 1.29 is 14.7 Å². The van der Waals surface area contributed by atoms with E-state index in [9.17, 15) is 14.7 Å². The second kappa shape index (κ2) is 8.30. The van der Waals surface area contributed by atoms with Crippen LogP contribution in [0.15, 0.2) is 78.4 Å². The summed E-state index contributed by atoms with van der Waals surface area (Å²) in [7, 11) is 0. The predicted molar refractivity (Wildman–Crippen MR) is 131 cm³/mol. The van der Waals surface area contributed by atoms with Crippen molar-refractivity contribution in [2.45, 2.75) is 26.3 Å². The Labute approximate surface area is 195 Å². The molecule has 1 amide bonds. The zero-order valence-electron chi connectivity index (χ0n) is 18.3. The molecule has 33 heavy (non-hydrogen) atoms. The van der Waals surface area contributed by atoms with E-state index in [0.29, 0.717) is 10.7 Å². The molecule has 5 rings (SSSR count). The van der Waals surface area contributed by atoms with Gasteiger partial charge in [-0.3, -0.25) is 14.5 Å². The number of carbonyl (C=O) groups is 2. The zero-order valence-corrected chi connectivity index (χ0v) is 19.1. The quantitative estimate of drug-likeness (QED) is 0.241. The third-order valence-corrected chi connectivity index (χ3v) is 6.96. The van der Waals surface area contributed by atoms with Crippen LogP contribution in [0, 0.1) is 6.92 Å². The third kappa shape index (κ3) is 3.62. The molecule has 2 heterocycles. The monoisotopic (exact) mass is 454 g/mol. The number of anilines is 1. The fourth-order valence-corrected chi connectivity index (χ4v) is 5.18. The van der Waals surface area contributed by atoms with Gasteiger partial charge in [-0.05, 0) is 36.6 Å². The first-order valence-corrected chi connectivity index (χ1v) is 11.6. The molecule has 4 aromatic rings. The molecule has 1 fully saturated rings. The normalized spacial score (nSPS) is 17.8. The van der Waals surface area contributed by atoms with Gasteiger partial charge in [0.1, 0.15) is 5.76 Å². The molecule has 0 saturated carbocycles. The molecule has 0 bridgehead atoms. The molecule has 1 aliphatic heterocycles. The molecule has 0 spiro atoms. The van der Waals surface area contributed by atoms with Crippen molar-refractivity contribution in [3.05, 3.63) is 101 Å². The first-order valence-electron chi connectivity index (χ1n) is 10.8. The van der Waals surface area contributed by atoms with Crippen LogP contribution in [-0.4, -0.2) is 21.8 Å². The summed E-state index contributed by atoms with van der Waals surface area (Å²) in [5, 5.41) is 11.6. The third-order valence-electron chi connectivity index (χ3n) is 5.94. The molecule has 0 aliphatic carbocycles. The minimum atomic E-state index is -0.767. The summed E-state index contributed by atoms with van der Waals surface area (Å²) >= 11 is 1.38. The summed E-state index contributed by atoms with van der Waals surface area (Å²) in [6, 6.07) is 21.7. The van der Waals surface area contributed by atoms with E-state index in [0.717, 1.165) is 27.8 Å². The van der Waals surface area contributed by atoms with Gasteiger partial charge in [0.2, 0.25) is 0 Å². The summed E-state index contributed by atoms with van der Waals surface area (Å²) in [4.78, 5) is 32.6. The van der Waals surface area contributed by atoms with Crippen LogP contribution >= 0.6 is 11.3 Å². The number of aliphatic hydroxyl groups excluding tert-OH is 1. The number of nitrogens with zero attached hydrogens (tertiary/aromatic N) is 2. The summed E-state index contributed by atoms with van der Waals surface area (Å²) in [6.45, 7) is 4.06. The molecule has 164 valence electrons. The van der Waals surface area contributed by atoms with E-state index in [1.165, 1.54) is 21.8 Å². The number of hydrogen-bond acceptors (Lipinski definition) is 5. The Morgan fingerprint density at radius 2 is 1.76 bits per heavy atom. The van der Waals surface area contributed by atoms with Crippen LogP contribution < -0.4 is 4.90 Å². The summed E-state index contributed by atoms with van der Waals surface area (Å²) in [6.07, 6.45) is 0.897. The van der Waals surface area contributed by atoms with E-state index in [-0.39, 0.29) is 11.3 Å². The maximum absolute atomic E-state index is 13.3. The van der Waals surface area contributed by atoms with Gasteiger partial charge in [-0.2, -0.15) is 0 Å². The Morgan fingerprint density at radius 3 is 2.45 bits per heavy atom. The van der Waals surface area contributed by atoms with E-state index in [1.54, 1.807) is 24.3 Å². The van der Waals surface area contributed by atoms with Gasteiger partial charge in [0, 0.05) is 5.56 Å². The number of thiazole rings is 1. The number of aliphatic hydroxyl groups is 1. The van der Waals surface area contributed by atoms with Crippen molar-refractivity contribution >= 4 is 44.1 Å². The molecule has 0 radical (unpaired) electrons. The largest absolute Gasteiger partial charge is 0.507 e. The van der Waals surface area contributed by atoms with Gasteiger partial charge < -0.3 is 5.11 Å². The Bertz CT molecular complexity index is 1400. The Balaban J connectivity index is 1.72. The van der Waals surface area contributed by atoms with Gasteiger partial charge >= 0.3 is 5.91 Å². The molecular formula is C27H22N2O3S. The van der Waals surface area contributed by atoms with Crippen molar-refractivity contribution in [3.63, 3.8) is 0 Å². The van der Waals surface area contributed by atoms with Gasteiger partial charge in [-0.1, -0.05) is 84.5 Å². The Hall–Kier alpha value is -3.77. The summed E-state index contributed by atoms with van der Waals surface area (Å²) in [5.74, 6) is -1.58. The maximum Gasteiger partial charge on any atom is 0.301 e. The van der Waals surface area contributed by atoms with Crippen LogP contribution in [0.25, 0.3) is 16.0 Å². The number of benzene rings is 3. The summed E-state index contributed by atoms with van der Waals surface area (Å²) in [5.41, 5.74) is 4.32. The average molecular weight is 455 g/mol. The lowest BCUT2D eigenvalue weighted by Crippen LogP contribution is -2.29. The van der Waals surface area contributed by atoms with Crippen LogP contribution in [0.4, 0.5) is 5.13 Å². The zero-order chi connectivity index (χ0) is 23.1. The van der Waals surface area contributed by atoms with Crippen LogP contribution in [-0.2, 0) is 16.0 Å². The van der Waals surface area contributed by atoms with Crippen molar-refractivity contribution in [1.29, 1.82) is 0 Å². The van der Waals surface area contributed by atoms with Crippen LogP contribution in [0.2, 0.25) is 0 Å². The van der Waals surface area contributed by atoms with Crippen molar-refractivity contribution in [3.8, 4) is 0 Å². The van der Waals surface area contributed by atoms with E-state index >= 15 is 0 Å². The molecule has 6 heteroatoms. The van der Waals surface area contributed by atoms with E-state index < -0.39 is 17.7 Å². The van der Waals surface area contributed by atoms with E-state index in [2.05, 4.69) is 18.0 Å². The summed E-state index contributed by atoms with van der Waals surface area (Å²) < 4.78 is 0.956. The van der Waals surface area contributed by atoms with Crippen molar-refractivity contribution in [2.75, 3.05) is 4.90 Å². The minimum Gasteiger partial charge on any atom is -0.507 e. The number of Topliss-reactive ketones (excluding diaryl/α,β-unsaturated/α-hetero) is 1. The number of aromatic nitrogens is 1.